The third-order valence-corrected chi connectivity index (χ3v) is 3.32. The molecule has 1 heterocycles. The number of ketones is 1. The largest absolute Gasteiger partial charge is 0.454 e. The van der Waals surface area contributed by atoms with Gasteiger partial charge in [-0.25, -0.2) is 0 Å². The van der Waals surface area contributed by atoms with Crippen LogP contribution in [0.1, 0.15) is 37.2 Å². The van der Waals surface area contributed by atoms with E-state index in [1.54, 1.807) is 24.4 Å². The number of nitrogens with zero attached hydrogens (tertiary/aromatic N) is 2. The normalized spacial score (nSPS) is 10.8. The van der Waals surface area contributed by atoms with Crippen LogP contribution in [0.5, 0.6) is 11.5 Å². The lowest BCUT2D eigenvalue weighted by atomic mass is 10.1. The van der Waals surface area contributed by atoms with E-state index in [0.29, 0.717) is 23.1 Å². The summed E-state index contributed by atoms with van der Waals surface area (Å²) in [5.74, 6) is 1.36. The predicted octanol–water partition coefficient (Wildman–Crippen LogP) is 4.22. The summed E-state index contributed by atoms with van der Waals surface area (Å²) in [5.41, 5.74) is 0.644. The van der Waals surface area contributed by atoms with Crippen molar-refractivity contribution < 1.29 is 9.53 Å². The van der Waals surface area contributed by atoms with E-state index in [1.807, 2.05) is 10.9 Å². The van der Waals surface area contributed by atoms with Crippen LogP contribution in [0, 0.1) is 0 Å². The van der Waals surface area contributed by atoms with Crippen molar-refractivity contribution in [1.82, 2.24) is 9.78 Å². The maximum Gasteiger partial charge on any atom is 0.165 e. The Hall–Kier alpha value is -1.62. The fourth-order valence-electron chi connectivity index (χ4n) is 1.64. The quantitative estimate of drug-likeness (QED) is 0.791. The van der Waals surface area contributed by atoms with Gasteiger partial charge in [0, 0.05) is 16.1 Å². The third kappa shape index (κ3) is 3.23. The van der Waals surface area contributed by atoms with Crippen LogP contribution in [0.2, 0.25) is 0 Å². The number of ether oxygens (including phenoxy) is 1. The summed E-state index contributed by atoms with van der Waals surface area (Å²) in [7, 11) is 0. The maximum atomic E-state index is 11.3. The average molecular weight is 323 g/mol. The van der Waals surface area contributed by atoms with Crippen LogP contribution in [0.4, 0.5) is 0 Å². The maximum absolute atomic E-state index is 11.3. The SMILES string of the molecule is CC(=O)c1ccc(Oc2cnn(C(C)C)c2)cc1Br. The summed E-state index contributed by atoms with van der Waals surface area (Å²) >= 11 is 3.37. The third-order valence-electron chi connectivity index (χ3n) is 2.66. The molecule has 0 unspecified atom stereocenters. The highest BCUT2D eigenvalue weighted by atomic mass is 79.9. The molecular formula is C14H15BrN2O2. The molecule has 0 radical (unpaired) electrons. The second-order valence-electron chi connectivity index (χ2n) is 4.55. The Balaban J connectivity index is 2.19. The predicted molar refractivity (Wildman–Crippen MR) is 76.8 cm³/mol. The monoisotopic (exact) mass is 322 g/mol. The van der Waals surface area contributed by atoms with E-state index in [9.17, 15) is 4.79 Å². The van der Waals surface area contributed by atoms with Gasteiger partial charge in [-0.2, -0.15) is 5.10 Å². The molecule has 1 aromatic carbocycles. The van der Waals surface area contributed by atoms with Gasteiger partial charge in [-0.05, 0) is 54.9 Å². The molecule has 2 rings (SSSR count). The summed E-state index contributed by atoms with van der Waals surface area (Å²) in [5, 5.41) is 4.21. The first-order valence-corrected chi connectivity index (χ1v) is 6.79. The summed E-state index contributed by atoms with van der Waals surface area (Å²) in [4.78, 5) is 11.3. The number of Topliss-reactive ketones (excluding diaryl/α,β-unsaturated/α-hetero) is 1. The van der Waals surface area contributed by atoms with Crippen LogP contribution in [-0.4, -0.2) is 15.6 Å². The first-order chi connectivity index (χ1) is 8.97. The number of carbonyl (C=O) groups excluding carboxylic acids is 1. The molecule has 0 bridgehead atoms. The molecule has 0 aliphatic carbocycles. The zero-order valence-corrected chi connectivity index (χ0v) is 12.6. The van der Waals surface area contributed by atoms with E-state index in [2.05, 4.69) is 34.9 Å². The van der Waals surface area contributed by atoms with Crippen molar-refractivity contribution in [2.45, 2.75) is 26.8 Å². The minimum atomic E-state index is 0.0195. The number of hydrogen-bond donors (Lipinski definition) is 0. The molecule has 0 aliphatic rings. The fourth-order valence-corrected chi connectivity index (χ4v) is 2.27. The molecule has 2 aromatic rings. The molecule has 0 saturated heterocycles. The number of aromatic nitrogens is 2. The van der Waals surface area contributed by atoms with Gasteiger partial charge >= 0.3 is 0 Å². The highest BCUT2D eigenvalue weighted by Gasteiger charge is 2.08. The van der Waals surface area contributed by atoms with E-state index < -0.39 is 0 Å². The summed E-state index contributed by atoms with van der Waals surface area (Å²) < 4.78 is 8.26. The van der Waals surface area contributed by atoms with Gasteiger partial charge in [0.05, 0.1) is 12.4 Å². The Kier molecular flexibility index (Phi) is 4.04. The summed E-state index contributed by atoms with van der Waals surface area (Å²) in [6.45, 7) is 5.64. The molecule has 0 saturated carbocycles. The van der Waals surface area contributed by atoms with Crippen LogP contribution in [0.25, 0.3) is 0 Å². The van der Waals surface area contributed by atoms with Crippen LogP contribution < -0.4 is 4.74 Å². The van der Waals surface area contributed by atoms with Crippen molar-refractivity contribution in [2.75, 3.05) is 0 Å². The Morgan fingerprint density at radius 3 is 2.63 bits per heavy atom. The number of halogens is 1. The number of benzene rings is 1. The first-order valence-electron chi connectivity index (χ1n) is 6.00. The molecule has 1 aromatic heterocycles. The van der Waals surface area contributed by atoms with Gasteiger partial charge in [0.25, 0.3) is 0 Å². The van der Waals surface area contributed by atoms with Crippen molar-refractivity contribution >= 4 is 21.7 Å². The Morgan fingerprint density at radius 2 is 2.11 bits per heavy atom. The first kappa shape index (κ1) is 13.8. The van der Waals surface area contributed by atoms with Crippen LogP contribution in [-0.2, 0) is 0 Å². The van der Waals surface area contributed by atoms with Crippen LogP contribution >= 0.6 is 15.9 Å². The van der Waals surface area contributed by atoms with Gasteiger partial charge in [0.2, 0.25) is 0 Å². The van der Waals surface area contributed by atoms with Gasteiger partial charge in [-0.15, -0.1) is 0 Å². The highest BCUT2D eigenvalue weighted by molar-refractivity contribution is 9.10. The Labute approximate surface area is 120 Å². The van der Waals surface area contributed by atoms with Gasteiger partial charge in [-0.1, -0.05) is 0 Å². The zero-order chi connectivity index (χ0) is 14.0. The average Bonchev–Trinajstić information content (AvgIpc) is 2.77. The van der Waals surface area contributed by atoms with E-state index in [4.69, 9.17) is 4.74 Å². The molecule has 0 aliphatic heterocycles. The molecule has 4 nitrogen and oxygen atoms in total. The van der Waals surface area contributed by atoms with Crippen molar-refractivity contribution in [3.05, 3.63) is 40.6 Å². The molecule has 19 heavy (non-hydrogen) atoms. The van der Waals surface area contributed by atoms with E-state index >= 15 is 0 Å². The molecule has 0 fully saturated rings. The van der Waals surface area contributed by atoms with Gasteiger partial charge in [0.15, 0.2) is 11.5 Å². The summed E-state index contributed by atoms with van der Waals surface area (Å²) in [6, 6.07) is 5.59. The molecule has 100 valence electrons. The van der Waals surface area contributed by atoms with Crippen LogP contribution in [0.3, 0.4) is 0 Å². The zero-order valence-electron chi connectivity index (χ0n) is 11.1. The van der Waals surface area contributed by atoms with Crippen molar-refractivity contribution in [2.24, 2.45) is 0 Å². The highest BCUT2D eigenvalue weighted by Crippen LogP contribution is 2.27. The molecule has 0 amide bonds. The lowest BCUT2D eigenvalue weighted by molar-refractivity contribution is 0.101. The Morgan fingerprint density at radius 1 is 1.37 bits per heavy atom. The van der Waals surface area contributed by atoms with E-state index in [-0.39, 0.29) is 5.78 Å². The van der Waals surface area contributed by atoms with Crippen molar-refractivity contribution in [1.29, 1.82) is 0 Å². The van der Waals surface area contributed by atoms with Crippen LogP contribution in [0.15, 0.2) is 35.1 Å². The lowest BCUT2D eigenvalue weighted by Gasteiger charge is -2.06. The number of rotatable bonds is 4. The number of hydrogen-bond acceptors (Lipinski definition) is 3. The fraction of sp³-hybridized carbons (Fsp3) is 0.286. The molecular weight excluding hydrogens is 308 g/mol. The van der Waals surface area contributed by atoms with Crippen molar-refractivity contribution in [3.63, 3.8) is 0 Å². The van der Waals surface area contributed by atoms with E-state index in [1.165, 1.54) is 6.92 Å². The molecule has 0 atom stereocenters. The summed E-state index contributed by atoms with van der Waals surface area (Å²) in [6.07, 6.45) is 3.52. The topological polar surface area (TPSA) is 44.1 Å². The van der Waals surface area contributed by atoms with Crippen molar-refractivity contribution in [3.8, 4) is 11.5 Å². The minimum Gasteiger partial charge on any atom is -0.454 e. The minimum absolute atomic E-state index is 0.0195. The molecule has 5 heteroatoms. The number of carbonyl (C=O) groups is 1. The smallest absolute Gasteiger partial charge is 0.165 e. The Bertz CT molecular complexity index is 605. The van der Waals surface area contributed by atoms with E-state index in [0.717, 1.165) is 4.47 Å². The van der Waals surface area contributed by atoms with Gasteiger partial charge < -0.3 is 4.74 Å². The van der Waals surface area contributed by atoms with Gasteiger partial charge in [-0.3, -0.25) is 9.48 Å². The van der Waals surface area contributed by atoms with Gasteiger partial charge in [0.1, 0.15) is 5.75 Å². The second-order valence-corrected chi connectivity index (χ2v) is 5.40. The molecule has 0 spiro atoms. The molecule has 0 N–H and O–H groups in total. The lowest BCUT2D eigenvalue weighted by Crippen LogP contribution is -1.99. The second kappa shape index (κ2) is 5.57. The standard InChI is InChI=1S/C14H15BrN2O2/c1-9(2)17-8-12(7-16-17)19-11-4-5-13(10(3)18)14(15)6-11/h4-9H,1-3H3.